The minimum atomic E-state index is 0.593. The van der Waals surface area contributed by atoms with E-state index in [0.29, 0.717) is 12.2 Å². The topological polar surface area (TPSA) is 44.1 Å². The van der Waals surface area contributed by atoms with Crippen molar-refractivity contribution < 1.29 is 9.53 Å². The van der Waals surface area contributed by atoms with Gasteiger partial charge in [0.25, 0.3) is 0 Å². The fourth-order valence-corrected chi connectivity index (χ4v) is 3.08. The van der Waals surface area contributed by atoms with Gasteiger partial charge in [-0.1, -0.05) is 0 Å². The van der Waals surface area contributed by atoms with E-state index in [9.17, 15) is 4.79 Å². The number of carbonyl (C=O) groups is 1. The Morgan fingerprint density at radius 2 is 2.05 bits per heavy atom. The summed E-state index contributed by atoms with van der Waals surface area (Å²) in [6.07, 6.45) is 7.14. The van der Waals surface area contributed by atoms with Gasteiger partial charge in [0.2, 0.25) is 0 Å². The van der Waals surface area contributed by atoms with Gasteiger partial charge in [0.05, 0.1) is 21.9 Å². The third-order valence-electron chi connectivity index (χ3n) is 2.52. The molecule has 0 spiro atoms. The number of rotatable bonds is 6. The molecule has 0 unspecified atom stereocenters. The van der Waals surface area contributed by atoms with Crippen molar-refractivity contribution in [3.8, 4) is 5.75 Å². The molecule has 0 saturated heterocycles. The Balaban J connectivity index is 1.90. The van der Waals surface area contributed by atoms with Crippen LogP contribution in [0.3, 0.4) is 0 Å². The van der Waals surface area contributed by atoms with Gasteiger partial charge in [0.15, 0.2) is 0 Å². The molecule has 0 atom stereocenters. The predicted molar refractivity (Wildman–Crippen MR) is 79.6 cm³/mol. The van der Waals surface area contributed by atoms with Gasteiger partial charge in [0.1, 0.15) is 12.0 Å². The molecule has 0 aliphatic rings. The lowest BCUT2D eigenvalue weighted by Gasteiger charge is -2.11. The highest BCUT2D eigenvalue weighted by Crippen LogP contribution is 2.34. The van der Waals surface area contributed by atoms with Crippen molar-refractivity contribution in [3.63, 3.8) is 0 Å². The number of aryl methyl sites for hydroxylation is 1. The monoisotopic (exact) mass is 386 g/mol. The second-order valence-electron chi connectivity index (χ2n) is 3.93. The molecule has 0 N–H and O–H groups in total. The van der Waals surface area contributed by atoms with E-state index in [4.69, 9.17) is 4.74 Å². The molecule has 0 saturated carbocycles. The van der Waals surface area contributed by atoms with Crippen LogP contribution < -0.4 is 4.74 Å². The Morgan fingerprint density at radius 3 is 2.63 bits per heavy atom. The molecule has 2 rings (SSSR count). The van der Waals surface area contributed by atoms with Crippen LogP contribution in [0, 0.1) is 0 Å². The van der Waals surface area contributed by atoms with Crippen molar-refractivity contribution in [2.75, 3.05) is 6.61 Å². The lowest BCUT2D eigenvalue weighted by molar-refractivity contribution is 0.112. The summed E-state index contributed by atoms with van der Waals surface area (Å²) >= 11 is 6.80. The predicted octanol–water partition coefficient (Wildman–Crippen LogP) is 3.69. The summed E-state index contributed by atoms with van der Waals surface area (Å²) in [6.45, 7) is 1.46. The van der Waals surface area contributed by atoms with E-state index in [-0.39, 0.29) is 0 Å². The number of imidazole rings is 1. The average Bonchev–Trinajstić information content (AvgIpc) is 2.89. The minimum Gasteiger partial charge on any atom is -0.491 e. The van der Waals surface area contributed by atoms with Crippen molar-refractivity contribution in [1.29, 1.82) is 0 Å². The number of nitrogens with zero attached hydrogens (tertiary/aromatic N) is 2. The van der Waals surface area contributed by atoms with Crippen molar-refractivity contribution in [2.24, 2.45) is 0 Å². The van der Waals surface area contributed by atoms with Crippen molar-refractivity contribution in [3.05, 3.63) is 45.4 Å². The van der Waals surface area contributed by atoms with Crippen LogP contribution in [0.25, 0.3) is 0 Å². The summed E-state index contributed by atoms with van der Waals surface area (Å²) < 4.78 is 9.26. The molecule has 0 bridgehead atoms. The Hall–Kier alpha value is -1.14. The number of aldehydes is 1. The van der Waals surface area contributed by atoms with Gasteiger partial charge < -0.3 is 9.30 Å². The Labute approximate surface area is 128 Å². The zero-order chi connectivity index (χ0) is 13.7. The van der Waals surface area contributed by atoms with E-state index in [2.05, 4.69) is 36.8 Å². The number of carbonyl (C=O) groups excluding carboxylic acids is 1. The molecular weight excluding hydrogens is 376 g/mol. The quantitative estimate of drug-likeness (QED) is 0.560. The van der Waals surface area contributed by atoms with Gasteiger partial charge in [-0.15, -0.1) is 0 Å². The van der Waals surface area contributed by atoms with E-state index < -0.39 is 0 Å². The van der Waals surface area contributed by atoms with Gasteiger partial charge >= 0.3 is 0 Å². The fourth-order valence-electron chi connectivity index (χ4n) is 1.63. The summed E-state index contributed by atoms with van der Waals surface area (Å²) in [6, 6.07) is 3.48. The Kier molecular flexibility index (Phi) is 5.15. The molecule has 1 aromatic carbocycles. The van der Waals surface area contributed by atoms with E-state index in [0.717, 1.165) is 33.9 Å². The average molecular weight is 388 g/mol. The third-order valence-corrected chi connectivity index (χ3v) is 3.70. The molecule has 19 heavy (non-hydrogen) atoms. The minimum absolute atomic E-state index is 0.593. The number of halogens is 2. The molecule has 1 aromatic heterocycles. The maximum absolute atomic E-state index is 10.7. The van der Waals surface area contributed by atoms with Crippen LogP contribution in [-0.4, -0.2) is 22.4 Å². The van der Waals surface area contributed by atoms with Crippen LogP contribution in [0.4, 0.5) is 0 Å². The first-order valence-electron chi connectivity index (χ1n) is 5.73. The van der Waals surface area contributed by atoms with Gasteiger partial charge in [-0.05, 0) is 50.4 Å². The first-order chi connectivity index (χ1) is 9.20. The molecule has 0 aliphatic carbocycles. The summed E-state index contributed by atoms with van der Waals surface area (Å²) in [5, 5.41) is 0. The molecule has 1 heterocycles. The summed E-state index contributed by atoms with van der Waals surface area (Å²) in [7, 11) is 0. The zero-order valence-corrected chi connectivity index (χ0v) is 13.2. The van der Waals surface area contributed by atoms with Gasteiger partial charge in [-0.3, -0.25) is 4.79 Å². The van der Waals surface area contributed by atoms with E-state index >= 15 is 0 Å². The van der Waals surface area contributed by atoms with Gasteiger partial charge in [0, 0.05) is 24.5 Å². The summed E-state index contributed by atoms with van der Waals surface area (Å²) in [5.41, 5.74) is 0.601. The molecule has 0 radical (unpaired) electrons. The van der Waals surface area contributed by atoms with Crippen LogP contribution in [0.2, 0.25) is 0 Å². The number of aromatic nitrogens is 2. The van der Waals surface area contributed by atoms with Gasteiger partial charge in [-0.2, -0.15) is 0 Å². The molecule has 2 aromatic rings. The maximum Gasteiger partial charge on any atom is 0.150 e. The van der Waals surface area contributed by atoms with E-state index in [1.54, 1.807) is 24.7 Å². The number of hydrogen-bond donors (Lipinski definition) is 0. The lowest BCUT2D eigenvalue weighted by Crippen LogP contribution is -2.04. The van der Waals surface area contributed by atoms with Crippen LogP contribution in [0.15, 0.2) is 39.8 Å². The third kappa shape index (κ3) is 3.91. The highest BCUT2D eigenvalue weighted by molar-refractivity contribution is 9.11. The van der Waals surface area contributed by atoms with Crippen molar-refractivity contribution in [1.82, 2.24) is 9.55 Å². The first-order valence-corrected chi connectivity index (χ1v) is 7.32. The van der Waals surface area contributed by atoms with Crippen molar-refractivity contribution >= 4 is 38.1 Å². The Bertz CT molecular complexity index is 533. The molecular formula is C13H12Br2N2O2. The van der Waals surface area contributed by atoms with Gasteiger partial charge in [-0.25, -0.2) is 4.98 Å². The summed E-state index contributed by atoms with van der Waals surface area (Å²) in [5.74, 6) is 0.719. The Morgan fingerprint density at radius 1 is 1.32 bits per heavy atom. The van der Waals surface area contributed by atoms with Crippen LogP contribution in [0.5, 0.6) is 5.75 Å². The summed E-state index contributed by atoms with van der Waals surface area (Å²) in [4.78, 5) is 14.7. The first kappa shape index (κ1) is 14.3. The molecule has 100 valence electrons. The van der Waals surface area contributed by atoms with Crippen LogP contribution >= 0.6 is 31.9 Å². The molecule has 6 heteroatoms. The second-order valence-corrected chi connectivity index (χ2v) is 5.64. The maximum atomic E-state index is 10.7. The van der Waals surface area contributed by atoms with E-state index in [1.165, 1.54) is 0 Å². The SMILES string of the molecule is O=Cc1cc(Br)c(OCCCn2ccnc2)c(Br)c1. The highest BCUT2D eigenvalue weighted by Gasteiger charge is 2.08. The molecule has 4 nitrogen and oxygen atoms in total. The van der Waals surface area contributed by atoms with Crippen LogP contribution in [-0.2, 0) is 6.54 Å². The number of benzene rings is 1. The molecule has 0 aliphatic heterocycles. The highest BCUT2D eigenvalue weighted by atomic mass is 79.9. The lowest BCUT2D eigenvalue weighted by atomic mass is 10.2. The smallest absolute Gasteiger partial charge is 0.150 e. The van der Waals surface area contributed by atoms with E-state index in [1.807, 2.05) is 10.8 Å². The second kappa shape index (κ2) is 6.86. The largest absolute Gasteiger partial charge is 0.491 e. The standard InChI is InChI=1S/C13H12Br2N2O2/c14-11-6-10(8-18)7-12(15)13(11)19-5-1-3-17-4-2-16-9-17/h2,4,6-9H,1,3,5H2. The zero-order valence-electron chi connectivity index (χ0n) is 10.1. The number of ether oxygens (including phenoxy) is 1. The molecule has 0 amide bonds. The normalized spacial score (nSPS) is 10.4. The van der Waals surface area contributed by atoms with Crippen LogP contribution in [0.1, 0.15) is 16.8 Å². The molecule has 0 fully saturated rings. The van der Waals surface area contributed by atoms with Crippen molar-refractivity contribution in [2.45, 2.75) is 13.0 Å². The number of hydrogen-bond acceptors (Lipinski definition) is 3. The fraction of sp³-hybridized carbons (Fsp3) is 0.231.